The number of anilines is 1. The maximum Gasteiger partial charge on any atom is 0.418 e. The number of nitrogens with zero attached hydrogens (tertiary/aromatic N) is 3. The van der Waals surface area contributed by atoms with Crippen LogP contribution in [0.15, 0.2) is 48.8 Å². The molecule has 1 N–H and O–H groups in total. The largest absolute Gasteiger partial charge is 0.418 e. The lowest BCUT2D eigenvalue weighted by atomic mass is 10.1. The highest BCUT2D eigenvalue weighted by molar-refractivity contribution is 14.1. The number of hydrogen-bond acceptors (Lipinski definition) is 3. The first kappa shape index (κ1) is 18.3. The Morgan fingerprint density at radius 1 is 1.12 bits per heavy atom. The van der Waals surface area contributed by atoms with Gasteiger partial charge >= 0.3 is 6.18 Å². The summed E-state index contributed by atoms with van der Waals surface area (Å²) in [6, 6.07) is 9.30. The summed E-state index contributed by atoms with van der Waals surface area (Å²) in [4.78, 5) is 16.0. The molecule has 0 aliphatic carbocycles. The normalized spacial score (nSPS) is 11.4. The van der Waals surface area contributed by atoms with Gasteiger partial charge in [-0.05, 0) is 46.9 Å². The Bertz CT molecular complexity index is 971. The van der Waals surface area contributed by atoms with Gasteiger partial charge in [-0.25, -0.2) is 9.07 Å². The second kappa shape index (κ2) is 7.02. The van der Waals surface area contributed by atoms with E-state index in [9.17, 15) is 22.4 Å². The molecule has 0 aliphatic heterocycles. The van der Waals surface area contributed by atoms with Crippen LogP contribution in [0.4, 0.5) is 23.5 Å². The van der Waals surface area contributed by atoms with Crippen LogP contribution in [0.25, 0.3) is 5.69 Å². The molecule has 0 fully saturated rings. The third kappa shape index (κ3) is 3.69. The predicted molar refractivity (Wildman–Crippen MR) is 93.4 cm³/mol. The minimum absolute atomic E-state index is 0.244. The predicted octanol–water partition coefficient (Wildman–Crippen LogP) is 4.28. The van der Waals surface area contributed by atoms with E-state index < -0.39 is 29.2 Å². The Balaban J connectivity index is 1.92. The number of rotatable bonds is 3. The summed E-state index contributed by atoms with van der Waals surface area (Å²) in [5.74, 6) is -1.89. The van der Waals surface area contributed by atoms with E-state index >= 15 is 0 Å². The SMILES string of the molecule is O=C(Nc1ncn(-c2c(F)cccc2C(F)(F)F)n1)c1ccccc1I. The van der Waals surface area contributed by atoms with Crippen molar-refractivity contribution in [2.75, 3.05) is 5.32 Å². The first-order chi connectivity index (χ1) is 12.3. The van der Waals surface area contributed by atoms with Gasteiger partial charge in [0, 0.05) is 3.57 Å². The average Bonchev–Trinajstić information content (AvgIpc) is 3.02. The molecule has 0 radical (unpaired) electrons. The van der Waals surface area contributed by atoms with Crippen LogP contribution in [-0.4, -0.2) is 20.7 Å². The van der Waals surface area contributed by atoms with Crippen LogP contribution >= 0.6 is 22.6 Å². The Kier molecular flexibility index (Phi) is 4.94. The second-order valence-corrected chi connectivity index (χ2v) is 6.24. The van der Waals surface area contributed by atoms with Crippen LogP contribution in [0, 0.1) is 9.39 Å². The monoisotopic (exact) mass is 476 g/mol. The van der Waals surface area contributed by atoms with Gasteiger partial charge in [0.25, 0.3) is 5.91 Å². The second-order valence-electron chi connectivity index (χ2n) is 5.08. The molecule has 0 bridgehead atoms. The van der Waals surface area contributed by atoms with Crippen molar-refractivity contribution in [1.29, 1.82) is 0 Å². The van der Waals surface area contributed by atoms with Crippen LogP contribution < -0.4 is 5.32 Å². The highest BCUT2D eigenvalue weighted by atomic mass is 127. The molecule has 1 aromatic heterocycles. The van der Waals surface area contributed by atoms with E-state index in [1.807, 2.05) is 22.6 Å². The Hall–Kier alpha value is -2.50. The van der Waals surface area contributed by atoms with Crippen LogP contribution in [0.2, 0.25) is 0 Å². The molecule has 3 aromatic rings. The molecule has 0 aliphatic rings. The Morgan fingerprint density at radius 2 is 1.85 bits per heavy atom. The van der Waals surface area contributed by atoms with Gasteiger partial charge in [0.1, 0.15) is 17.8 Å². The number of carbonyl (C=O) groups excluding carboxylic acids is 1. The number of halogens is 5. The minimum Gasteiger partial charge on any atom is -0.289 e. The van der Waals surface area contributed by atoms with Crippen LogP contribution in [0.3, 0.4) is 0 Å². The summed E-state index contributed by atoms with van der Waals surface area (Å²) < 4.78 is 54.6. The van der Waals surface area contributed by atoms with Crippen molar-refractivity contribution in [3.63, 3.8) is 0 Å². The molecule has 0 atom stereocenters. The van der Waals surface area contributed by atoms with Gasteiger partial charge in [0.15, 0.2) is 0 Å². The zero-order valence-electron chi connectivity index (χ0n) is 12.8. The number of amides is 1. The van der Waals surface area contributed by atoms with E-state index in [2.05, 4.69) is 15.4 Å². The smallest absolute Gasteiger partial charge is 0.289 e. The lowest BCUT2D eigenvalue weighted by Gasteiger charge is -2.12. The van der Waals surface area contributed by atoms with E-state index in [1.165, 1.54) is 0 Å². The van der Waals surface area contributed by atoms with E-state index in [4.69, 9.17) is 0 Å². The third-order valence-electron chi connectivity index (χ3n) is 3.36. The standard InChI is InChI=1S/C16H9F4IN4O/c17-11-6-3-5-10(16(18,19)20)13(11)25-8-22-15(24-25)23-14(26)9-4-1-2-7-12(9)21/h1-8H,(H,23,24,26). The highest BCUT2D eigenvalue weighted by Gasteiger charge is 2.35. The van der Waals surface area contributed by atoms with E-state index in [-0.39, 0.29) is 5.95 Å². The minimum atomic E-state index is -4.77. The molecule has 0 unspecified atom stereocenters. The molecular formula is C16H9F4IN4O. The molecule has 3 rings (SSSR count). The van der Waals surface area contributed by atoms with E-state index in [0.717, 1.165) is 24.5 Å². The maximum absolute atomic E-state index is 14.0. The fourth-order valence-electron chi connectivity index (χ4n) is 2.22. The molecule has 0 saturated heterocycles. The van der Waals surface area contributed by atoms with Gasteiger partial charge in [-0.1, -0.05) is 18.2 Å². The fourth-order valence-corrected chi connectivity index (χ4v) is 2.85. The van der Waals surface area contributed by atoms with E-state index in [1.54, 1.807) is 24.3 Å². The first-order valence-electron chi connectivity index (χ1n) is 7.11. The summed E-state index contributed by atoms with van der Waals surface area (Å²) in [5, 5.41) is 6.12. The summed E-state index contributed by atoms with van der Waals surface area (Å²) in [6.07, 6.45) is -3.87. The molecular weight excluding hydrogens is 467 g/mol. The molecule has 0 saturated carbocycles. The lowest BCUT2D eigenvalue weighted by Crippen LogP contribution is -2.15. The van der Waals surface area contributed by atoms with Gasteiger partial charge in [0.2, 0.25) is 5.95 Å². The van der Waals surface area contributed by atoms with Crippen LogP contribution in [-0.2, 0) is 6.18 Å². The summed E-state index contributed by atoms with van der Waals surface area (Å²) in [7, 11) is 0. The highest BCUT2D eigenvalue weighted by Crippen LogP contribution is 2.34. The Morgan fingerprint density at radius 3 is 2.54 bits per heavy atom. The number of nitrogens with one attached hydrogen (secondary N) is 1. The average molecular weight is 476 g/mol. The van der Waals surface area contributed by atoms with Crippen LogP contribution in [0.5, 0.6) is 0 Å². The topological polar surface area (TPSA) is 59.8 Å². The number of alkyl halides is 3. The number of benzene rings is 2. The van der Waals surface area contributed by atoms with Gasteiger partial charge in [-0.15, -0.1) is 5.10 Å². The lowest BCUT2D eigenvalue weighted by molar-refractivity contribution is -0.137. The molecule has 1 heterocycles. The number of hydrogen-bond donors (Lipinski definition) is 1. The van der Waals surface area contributed by atoms with Crippen molar-refractivity contribution in [1.82, 2.24) is 14.8 Å². The molecule has 26 heavy (non-hydrogen) atoms. The summed E-state index contributed by atoms with van der Waals surface area (Å²) >= 11 is 1.97. The van der Waals surface area contributed by atoms with Gasteiger partial charge in [-0.3, -0.25) is 10.1 Å². The van der Waals surface area contributed by atoms with Crippen molar-refractivity contribution in [2.24, 2.45) is 0 Å². The quantitative estimate of drug-likeness (QED) is 0.454. The number of aromatic nitrogens is 3. The van der Waals surface area contributed by atoms with Gasteiger partial charge in [0.05, 0.1) is 11.1 Å². The molecule has 134 valence electrons. The van der Waals surface area contributed by atoms with Crippen molar-refractivity contribution in [2.45, 2.75) is 6.18 Å². The van der Waals surface area contributed by atoms with Crippen molar-refractivity contribution >= 4 is 34.4 Å². The summed E-state index contributed by atoms with van der Waals surface area (Å²) in [5.41, 5.74) is -1.63. The Labute approximate surface area is 158 Å². The molecule has 1 amide bonds. The molecule has 0 spiro atoms. The van der Waals surface area contributed by atoms with Crippen molar-refractivity contribution in [3.8, 4) is 5.69 Å². The zero-order chi connectivity index (χ0) is 18.9. The van der Waals surface area contributed by atoms with Crippen LogP contribution in [0.1, 0.15) is 15.9 Å². The molecule has 5 nitrogen and oxygen atoms in total. The number of carbonyl (C=O) groups is 1. The van der Waals surface area contributed by atoms with E-state index in [0.29, 0.717) is 13.8 Å². The van der Waals surface area contributed by atoms with Gasteiger partial charge < -0.3 is 0 Å². The van der Waals surface area contributed by atoms with Crippen molar-refractivity contribution in [3.05, 3.63) is 69.3 Å². The fraction of sp³-hybridized carbons (Fsp3) is 0.0625. The number of para-hydroxylation sites is 1. The molecule has 2 aromatic carbocycles. The van der Waals surface area contributed by atoms with Gasteiger partial charge in [-0.2, -0.15) is 18.2 Å². The maximum atomic E-state index is 14.0. The molecule has 10 heteroatoms. The first-order valence-corrected chi connectivity index (χ1v) is 8.19. The summed E-state index contributed by atoms with van der Waals surface area (Å²) in [6.45, 7) is 0. The zero-order valence-corrected chi connectivity index (χ0v) is 14.9. The third-order valence-corrected chi connectivity index (χ3v) is 4.30. The van der Waals surface area contributed by atoms with Crippen molar-refractivity contribution < 1.29 is 22.4 Å².